The van der Waals surface area contributed by atoms with Crippen LogP contribution in [0.4, 0.5) is 15.2 Å². The van der Waals surface area contributed by atoms with Gasteiger partial charge < -0.3 is 10.2 Å². The highest BCUT2D eigenvalue weighted by atomic mass is 32.1. The minimum Gasteiger partial charge on any atom is -0.347 e. The predicted molar refractivity (Wildman–Crippen MR) is 121 cm³/mol. The number of aromatic nitrogens is 3. The Morgan fingerprint density at radius 2 is 1.94 bits per heavy atom. The largest absolute Gasteiger partial charge is 0.347 e. The molecule has 0 unspecified atom stereocenters. The van der Waals surface area contributed by atoms with Crippen molar-refractivity contribution in [2.75, 3.05) is 23.3 Å². The summed E-state index contributed by atoms with van der Waals surface area (Å²) < 4.78 is 16.8. The van der Waals surface area contributed by atoms with Crippen molar-refractivity contribution in [2.24, 2.45) is 5.92 Å². The molecule has 1 amide bonds. The molecule has 0 radical (unpaired) electrons. The topological polar surface area (TPSA) is 63.1 Å². The number of hydrogen-bond donors (Lipinski definition) is 1. The van der Waals surface area contributed by atoms with Crippen LogP contribution in [0.1, 0.15) is 18.5 Å². The summed E-state index contributed by atoms with van der Waals surface area (Å²) in [5, 5.41) is 8.28. The number of hydrogen-bond acceptors (Lipinski definition) is 5. The van der Waals surface area contributed by atoms with Gasteiger partial charge in [0.15, 0.2) is 10.8 Å². The van der Waals surface area contributed by atoms with Gasteiger partial charge in [0, 0.05) is 13.1 Å². The summed E-state index contributed by atoms with van der Waals surface area (Å²) in [5.41, 5.74) is 2.97. The third kappa shape index (κ3) is 3.79. The van der Waals surface area contributed by atoms with Crippen LogP contribution in [0.25, 0.3) is 16.0 Å². The molecule has 2 aromatic carbocycles. The van der Waals surface area contributed by atoms with Crippen molar-refractivity contribution in [1.82, 2.24) is 14.8 Å². The molecule has 5 rings (SSSR count). The van der Waals surface area contributed by atoms with Crippen molar-refractivity contribution in [3.63, 3.8) is 0 Å². The van der Waals surface area contributed by atoms with Crippen LogP contribution < -0.4 is 10.2 Å². The molecule has 158 valence electrons. The maximum Gasteiger partial charge on any atom is 0.229 e. The summed E-state index contributed by atoms with van der Waals surface area (Å²) in [6.07, 6.45) is 1.66. The lowest BCUT2D eigenvalue weighted by molar-refractivity contribution is -0.120. The van der Waals surface area contributed by atoms with Crippen LogP contribution in [0.15, 0.2) is 54.6 Å². The van der Waals surface area contributed by atoms with E-state index >= 15 is 0 Å². The Balaban J connectivity index is 1.38. The Kier molecular flexibility index (Phi) is 5.15. The third-order valence-corrected chi connectivity index (χ3v) is 6.79. The van der Waals surface area contributed by atoms with Crippen molar-refractivity contribution >= 4 is 38.4 Å². The predicted octanol–water partition coefficient (Wildman–Crippen LogP) is 4.78. The van der Waals surface area contributed by atoms with Gasteiger partial charge in [0.1, 0.15) is 5.82 Å². The van der Waals surface area contributed by atoms with E-state index in [0.717, 1.165) is 46.2 Å². The first-order valence-corrected chi connectivity index (χ1v) is 11.1. The van der Waals surface area contributed by atoms with Gasteiger partial charge in [-0.25, -0.2) is 9.07 Å². The number of aryl methyl sites for hydroxylation is 1. The number of benzene rings is 2. The van der Waals surface area contributed by atoms with Crippen LogP contribution in [0.5, 0.6) is 0 Å². The first kappa shape index (κ1) is 19.7. The lowest BCUT2D eigenvalue weighted by Gasteiger charge is -2.31. The lowest BCUT2D eigenvalue weighted by Crippen LogP contribution is -2.40. The van der Waals surface area contributed by atoms with Gasteiger partial charge in [-0.05, 0) is 44.0 Å². The van der Waals surface area contributed by atoms with Crippen LogP contribution in [0, 0.1) is 18.7 Å². The van der Waals surface area contributed by atoms with E-state index < -0.39 is 5.82 Å². The van der Waals surface area contributed by atoms with E-state index in [2.05, 4.69) is 15.3 Å². The molecule has 31 heavy (non-hydrogen) atoms. The number of rotatable bonds is 4. The molecule has 1 fully saturated rings. The van der Waals surface area contributed by atoms with Crippen LogP contribution in [0.2, 0.25) is 0 Å². The molecular formula is C23H22FN5OS. The highest BCUT2D eigenvalue weighted by Crippen LogP contribution is 2.34. The monoisotopic (exact) mass is 435 g/mol. The molecule has 1 atom stereocenters. The molecule has 0 spiro atoms. The summed E-state index contributed by atoms with van der Waals surface area (Å²) in [6.45, 7) is 3.40. The van der Waals surface area contributed by atoms with Crippen LogP contribution in [-0.4, -0.2) is 33.8 Å². The lowest BCUT2D eigenvalue weighted by atomic mass is 9.97. The fourth-order valence-electron chi connectivity index (χ4n) is 3.97. The molecule has 6 nitrogen and oxygen atoms in total. The zero-order chi connectivity index (χ0) is 21.4. The van der Waals surface area contributed by atoms with Crippen molar-refractivity contribution in [3.8, 4) is 5.69 Å². The fraction of sp³-hybridized carbons (Fsp3) is 0.261. The first-order chi connectivity index (χ1) is 15.1. The molecule has 0 saturated carbocycles. The molecule has 0 aliphatic carbocycles. The quantitative estimate of drug-likeness (QED) is 0.501. The van der Waals surface area contributed by atoms with Gasteiger partial charge in [0.2, 0.25) is 5.91 Å². The Morgan fingerprint density at radius 1 is 1.16 bits per heavy atom. The Bertz CT molecular complexity index is 1240. The molecule has 1 saturated heterocycles. The molecule has 8 heteroatoms. The van der Waals surface area contributed by atoms with Gasteiger partial charge >= 0.3 is 0 Å². The minimum atomic E-state index is -0.421. The number of anilines is 2. The van der Waals surface area contributed by atoms with E-state index in [0.29, 0.717) is 6.54 Å². The highest BCUT2D eigenvalue weighted by Gasteiger charge is 2.29. The number of nitrogens with one attached hydrogen (secondary N) is 1. The molecule has 2 aromatic heterocycles. The number of piperidine rings is 1. The Labute approximate surface area is 183 Å². The fourth-order valence-corrected chi connectivity index (χ4v) is 4.99. The highest BCUT2D eigenvalue weighted by molar-refractivity contribution is 7.22. The molecule has 1 N–H and O–H groups in total. The maximum atomic E-state index is 13.9. The number of carbonyl (C=O) groups is 1. The average Bonchev–Trinajstić information content (AvgIpc) is 3.37. The maximum absolute atomic E-state index is 13.9. The normalized spacial score (nSPS) is 16.6. The molecular weight excluding hydrogens is 413 g/mol. The summed E-state index contributed by atoms with van der Waals surface area (Å²) in [5.74, 6) is -0.787. The van der Waals surface area contributed by atoms with E-state index in [-0.39, 0.29) is 17.5 Å². The number of para-hydroxylation sites is 2. The van der Waals surface area contributed by atoms with Crippen LogP contribution in [0.3, 0.4) is 0 Å². The first-order valence-electron chi connectivity index (χ1n) is 10.3. The third-order valence-electron chi connectivity index (χ3n) is 5.57. The molecule has 1 aliphatic rings. The summed E-state index contributed by atoms with van der Waals surface area (Å²) in [4.78, 5) is 19.8. The van der Waals surface area contributed by atoms with Gasteiger partial charge in [-0.15, -0.1) is 0 Å². The van der Waals surface area contributed by atoms with Crippen LogP contribution >= 0.6 is 11.3 Å². The molecule has 3 heterocycles. The van der Waals surface area contributed by atoms with Gasteiger partial charge in [-0.1, -0.05) is 41.7 Å². The van der Waals surface area contributed by atoms with E-state index in [1.807, 2.05) is 41.9 Å². The van der Waals surface area contributed by atoms with E-state index in [1.54, 1.807) is 29.5 Å². The van der Waals surface area contributed by atoms with Gasteiger partial charge in [0.25, 0.3) is 0 Å². The SMILES string of the molecule is Cc1nn(-c2ccccc2)c2nc(N3CCC[C@@H](C(=O)Nc4ccccc4F)C3)sc12. The molecule has 4 aromatic rings. The van der Waals surface area contributed by atoms with Gasteiger partial charge in [-0.2, -0.15) is 10.1 Å². The van der Waals surface area contributed by atoms with Crippen molar-refractivity contribution < 1.29 is 9.18 Å². The zero-order valence-electron chi connectivity index (χ0n) is 17.1. The number of nitrogens with zero attached hydrogens (tertiary/aromatic N) is 4. The van der Waals surface area contributed by atoms with Crippen molar-refractivity contribution in [1.29, 1.82) is 0 Å². The number of carbonyl (C=O) groups excluding carboxylic acids is 1. The van der Waals surface area contributed by atoms with Gasteiger partial charge in [0.05, 0.1) is 27.7 Å². The van der Waals surface area contributed by atoms with Gasteiger partial charge in [-0.3, -0.25) is 4.79 Å². The number of halogens is 1. The van der Waals surface area contributed by atoms with E-state index in [1.165, 1.54) is 6.07 Å². The summed E-state index contributed by atoms with van der Waals surface area (Å²) in [7, 11) is 0. The Hall–Kier alpha value is -3.26. The van der Waals surface area contributed by atoms with E-state index in [4.69, 9.17) is 4.98 Å². The zero-order valence-corrected chi connectivity index (χ0v) is 17.9. The average molecular weight is 436 g/mol. The number of thiazole rings is 1. The summed E-state index contributed by atoms with van der Waals surface area (Å²) >= 11 is 1.61. The second-order valence-electron chi connectivity index (χ2n) is 7.74. The standard InChI is InChI=1S/C23H22FN5OS/c1-15-20-21(29(27-15)17-9-3-2-4-10-17)26-23(31-20)28-13-7-8-16(14-28)22(30)25-19-12-6-5-11-18(19)24/h2-6,9-12,16H,7-8,13-14H2,1H3,(H,25,30)/t16-/m1/s1. The number of fused-ring (bicyclic) bond motifs is 1. The Morgan fingerprint density at radius 3 is 2.74 bits per heavy atom. The van der Waals surface area contributed by atoms with Crippen molar-refractivity contribution in [3.05, 3.63) is 66.1 Å². The molecule has 1 aliphatic heterocycles. The smallest absolute Gasteiger partial charge is 0.229 e. The van der Waals surface area contributed by atoms with Crippen LogP contribution in [-0.2, 0) is 4.79 Å². The second kappa shape index (κ2) is 8.11. The second-order valence-corrected chi connectivity index (χ2v) is 8.71. The van der Waals surface area contributed by atoms with E-state index in [9.17, 15) is 9.18 Å². The molecule has 0 bridgehead atoms. The number of amides is 1. The minimum absolute atomic E-state index is 0.150. The van der Waals surface area contributed by atoms with Crippen molar-refractivity contribution in [2.45, 2.75) is 19.8 Å². The summed E-state index contributed by atoms with van der Waals surface area (Å²) in [6, 6.07) is 16.2.